The molecular weight excluding hydrogens is 270 g/mol. The van der Waals surface area contributed by atoms with E-state index in [4.69, 9.17) is 9.47 Å². The molecule has 1 aliphatic rings. The van der Waals surface area contributed by atoms with Crippen LogP contribution in [0.25, 0.3) is 0 Å². The Balaban J connectivity index is 1.87. The van der Waals surface area contributed by atoms with Crippen molar-refractivity contribution in [2.24, 2.45) is 5.92 Å². The molecule has 1 amide bonds. The lowest BCUT2D eigenvalue weighted by Crippen LogP contribution is -2.38. The van der Waals surface area contributed by atoms with Gasteiger partial charge in [0, 0.05) is 13.1 Å². The minimum atomic E-state index is -0.380. The van der Waals surface area contributed by atoms with Gasteiger partial charge in [0.2, 0.25) is 0 Å². The van der Waals surface area contributed by atoms with Crippen molar-refractivity contribution in [3.63, 3.8) is 0 Å². The molecule has 0 spiro atoms. The summed E-state index contributed by atoms with van der Waals surface area (Å²) in [5.41, 5.74) is 0.997. The van der Waals surface area contributed by atoms with Gasteiger partial charge in [-0.3, -0.25) is 9.59 Å². The molecule has 0 bridgehead atoms. The molecular formula is C16H21NO4. The molecule has 0 saturated carbocycles. The molecule has 21 heavy (non-hydrogen) atoms. The molecule has 114 valence electrons. The maximum absolute atomic E-state index is 12.0. The summed E-state index contributed by atoms with van der Waals surface area (Å²) < 4.78 is 10.7. The highest BCUT2D eigenvalue weighted by molar-refractivity contribution is 5.81. The highest BCUT2D eigenvalue weighted by Gasteiger charge is 2.27. The van der Waals surface area contributed by atoms with Crippen molar-refractivity contribution in [1.29, 1.82) is 0 Å². The minimum Gasteiger partial charge on any atom is -0.492 e. The van der Waals surface area contributed by atoms with Gasteiger partial charge < -0.3 is 14.4 Å². The molecule has 5 nitrogen and oxygen atoms in total. The highest BCUT2D eigenvalue weighted by Crippen LogP contribution is 2.27. The summed E-state index contributed by atoms with van der Waals surface area (Å²) in [5, 5.41) is 0. The summed E-state index contributed by atoms with van der Waals surface area (Å²) >= 11 is 0. The number of ether oxygens (including phenoxy) is 2. The number of hydrogen-bond donors (Lipinski definition) is 0. The molecule has 0 fully saturated rings. The Morgan fingerprint density at radius 1 is 1.38 bits per heavy atom. The average molecular weight is 291 g/mol. The van der Waals surface area contributed by atoms with E-state index in [1.807, 2.05) is 38.1 Å². The van der Waals surface area contributed by atoms with E-state index >= 15 is 0 Å². The van der Waals surface area contributed by atoms with Gasteiger partial charge in [-0.25, -0.2) is 0 Å². The molecule has 1 heterocycles. The number of benzene rings is 1. The largest absolute Gasteiger partial charge is 0.492 e. The molecule has 1 atom stereocenters. The van der Waals surface area contributed by atoms with Crippen LogP contribution in [0, 0.1) is 5.92 Å². The van der Waals surface area contributed by atoms with E-state index in [2.05, 4.69) is 0 Å². The van der Waals surface area contributed by atoms with Crippen molar-refractivity contribution in [3.05, 3.63) is 29.8 Å². The van der Waals surface area contributed by atoms with Crippen LogP contribution in [0.1, 0.15) is 19.4 Å². The number of rotatable bonds is 4. The Hall–Kier alpha value is -2.04. The van der Waals surface area contributed by atoms with E-state index in [0.29, 0.717) is 13.0 Å². The molecule has 0 N–H and O–H groups in total. The van der Waals surface area contributed by atoms with Gasteiger partial charge in [0.05, 0.1) is 5.92 Å². The Bertz CT molecular complexity index is 527. The van der Waals surface area contributed by atoms with Gasteiger partial charge in [0.15, 0.2) is 6.61 Å². The van der Waals surface area contributed by atoms with Crippen LogP contribution in [-0.2, 0) is 20.7 Å². The number of likely N-dealkylation sites (N-methyl/N-ethyl adjacent to an activating group) is 1. The second-order valence-corrected chi connectivity index (χ2v) is 5.53. The third-order valence-corrected chi connectivity index (χ3v) is 3.72. The van der Waals surface area contributed by atoms with E-state index in [-0.39, 0.29) is 30.4 Å². The van der Waals surface area contributed by atoms with Crippen LogP contribution < -0.4 is 4.74 Å². The summed E-state index contributed by atoms with van der Waals surface area (Å²) in [6.07, 6.45) is 0.587. The second kappa shape index (κ2) is 6.61. The average Bonchev–Trinajstić information content (AvgIpc) is 2.50. The van der Waals surface area contributed by atoms with Crippen LogP contribution >= 0.6 is 0 Å². The number of esters is 1. The van der Waals surface area contributed by atoms with Gasteiger partial charge in [-0.15, -0.1) is 0 Å². The molecule has 5 heteroatoms. The van der Waals surface area contributed by atoms with Gasteiger partial charge in [-0.05, 0) is 31.9 Å². The fourth-order valence-electron chi connectivity index (χ4n) is 2.12. The maximum Gasteiger partial charge on any atom is 0.313 e. The molecule has 1 aromatic carbocycles. The first-order chi connectivity index (χ1) is 9.99. The van der Waals surface area contributed by atoms with E-state index in [1.54, 1.807) is 11.9 Å². The van der Waals surface area contributed by atoms with Crippen molar-refractivity contribution in [2.45, 2.75) is 26.3 Å². The van der Waals surface area contributed by atoms with Crippen molar-refractivity contribution < 1.29 is 19.1 Å². The Labute approximate surface area is 124 Å². The molecule has 1 aliphatic heterocycles. The van der Waals surface area contributed by atoms with Gasteiger partial charge in [0.25, 0.3) is 5.91 Å². The van der Waals surface area contributed by atoms with Crippen molar-refractivity contribution >= 4 is 11.9 Å². The molecule has 0 saturated heterocycles. The lowest BCUT2D eigenvalue weighted by atomic mass is 9.97. The summed E-state index contributed by atoms with van der Waals surface area (Å²) in [4.78, 5) is 25.4. The number of fused-ring (bicyclic) bond motifs is 1. The van der Waals surface area contributed by atoms with Gasteiger partial charge in [-0.1, -0.05) is 18.2 Å². The zero-order chi connectivity index (χ0) is 15.4. The van der Waals surface area contributed by atoms with Crippen LogP contribution in [0.3, 0.4) is 0 Å². The van der Waals surface area contributed by atoms with Gasteiger partial charge in [-0.2, -0.15) is 0 Å². The number of para-hydroxylation sites is 1. The topological polar surface area (TPSA) is 55.8 Å². The van der Waals surface area contributed by atoms with E-state index < -0.39 is 0 Å². The maximum atomic E-state index is 12.0. The molecule has 1 unspecified atom stereocenters. The standard InChI is InChI=1S/C16H21NO4/c1-11(2)17(3)15(18)10-21-16(19)13-8-12-6-4-5-7-14(12)20-9-13/h4-7,11,13H,8-10H2,1-3H3. The second-order valence-electron chi connectivity index (χ2n) is 5.53. The summed E-state index contributed by atoms with van der Waals surface area (Å²) in [5.74, 6) is -0.111. The Morgan fingerprint density at radius 2 is 2.10 bits per heavy atom. The lowest BCUT2D eigenvalue weighted by Gasteiger charge is -2.25. The first kappa shape index (κ1) is 15.4. The zero-order valence-electron chi connectivity index (χ0n) is 12.7. The van der Waals surface area contributed by atoms with Crippen molar-refractivity contribution in [1.82, 2.24) is 4.90 Å². The quantitative estimate of drug-likeness (QED) is 0.792. The fourth-order valence-corrected chi connectivity index (χ4v) is 2.12. The molecule has 0 aromatic heterocycles. The third kappa shape index (κ3) is 3.74. The van der Waals surface area contributed by atoms with Crippen LogP contribution in [0.5, 0.6) is 5.75 Å². The predicted molar refractivity (Wildman–Crippen MR) is 78.0 cm³/mol. The Kier molecular flexibility index (Phi) is 4.83. The normalized spacial score (nSPS) is 16.9. The van der Waals surface area contributed by atoms with Crippen molar-refractivity contribution in [2.75, 3.05) is 20.3 Å². The third-order valence-electron chi connectivity index (χ3n) is 3.72. The van der Waals surface area contributed by atoms with Gasteiger partial charge in [0.1, 0.15) is 12.4 Å². The zero-order valence-corrected chi connectivity index (χ0v) is 12.7. The monoisotopic (exact) mass is 291 g/mol. The van der Waals surface area contributed by atoms with E-state index in [9.17, 15) is 9.59 Å². The lowest BCUT2D eigenvalue weighted by molar-refractivity contribution is -0.156. The summed E-state index contributed by atoms with van der Waals surface area (Å²) in [7, 11) is 1.70. The fraction of sp³-hybridized carbons (Fsp3) is 0.500. The molecule has 2 rings (SSSR count). The number of hydrogen-bond acceptors (Lipinski definition) is 4. The number of carbonyl (C=O) groups excluding carboxylic acids is 2. The minimum absolute atomic E-state index is 0.0843. The summed E-state index contributed by atoms with van der Waals surface area (Å²) in [6.45, 7) is 3.90. The van der Waals surface area contributed by atoms with E-state index in [0.717, 1.165) is 11.3 Å². The van der Waals surface area contributed by atoms with Crippen LogP contribution in [0.4, 0.5) is 0 Å². The van der Waals surface area contributed by atoms with Crippen LogP contribution in [0.2, 0.25) is 0 Å². The first-order valence-electron chi connectivity index (χ1n) is 7.12. The molecule has 1 aromatic rings. The summed E-state index contributed by atoms with van der Waals surface area (Å²) in [6, 6.07) is 7.72. The number of amides is 1. The van der Waals surface area contributed by atoms with Crippen LogP contribution in [0.15, 0.2) is 24.3 Å². The molecule has 0 aliphatic carbocycles. The molecule has 0 radical (unpaired) electrons. The number of nitrogens with zero attached hydrogens (tertiary/aromatic N) is 1. The van der Waals surface area contributed by atoms with E-state index in [1.165, 1.54) is 0 Å². The van der Waals surface area contributed by atoms with Crippen LogP contribution in [-0.4, -0.2) is 43.1 Å². The van der Waals surface area contributed by atoms with Gasteiger partial charge >= 0.3 is 5.97 Å². The highest BCUT2D eigenvalue weighted by atomic mass is 16.5. The van der Waals surface area contributed by atoms with Crippen molar-refractivity contribution in [3.8, 4) is 5.75 Å². The smallest absolute Gasteiger partial charge is 0.313 e. The SMILES string of the molecule is CC(C)N(C)C(=O)COC(=O)C1COc2ccccc2C1. The predicted octanol–water partition coefficient (Wildman–Crippen LogP) is 1.65. The Morgan fingerprint density at radius 3 is 2.81 bits per heavy atom. The number of carbonyl (C=O) groups is 2. The first-order valence-corrected chi connectivity index (χ1v) is 7.12.